The molecule has 0 heterocycles. The van der Waals surface area contributed by atoms with E-state index >= 15 is 0 Å². The van der Waals surface area contributed by atoms with Crippen molar-refractivity contribution in [3.05, 3.63) is 36.4 Å². The fraction of sp³-hybridized carbons (Fsp3) is 0.412. The van der Waals surface area contributed by atoms with E-state index < -0.39 is 12.8 Å². The fourth-order valence-corrected chi connectivity index (χ4v) is 3.03. The van der Waals surface area contributed by atoms with Crippen LogP contribution >= 0.6 is 11.8 Å². The molecule has 0 N–H and O–H groups in total. The minimum absolute atomic E-state index is 0.254. The van der Waals surface area contributed by atoms with E-state index in [0.29, 0.717) is 12.0 Å². The fourth-order valence-electron chi connectivity index (χ4n) is 2.11. The Labute approximate surface area is 138 Å². The molecule has 0 amide bonds. The first-order valence-corrected chi connectivity index (χ1v) is 8.41. The molecule has 23 heavy (non-hydrogen) atoms. The average molecular weight is 344 g/mol. The minimum Gasteiger partial charge on any atom is -0.483 e. The van der Waals surface area contributed by atoms with Crippen molar-refractivity contribution in [3.8, 4) is 5.75 Å². The van der Waals surface area contributed by atoms with Gasteiger partial charge < -0.3 is 9.47 Å². The van der Waals surface area contributed by atoms with Crippen LogP contribution in [0.4, 0.5) is 13.2 Å². The van der Waals surface area contributed by atoms with Gasteiger partial charge in [0.25, 0.3) is 0 Å². The lowest BCUT2D eigenvalue weighted by Crippen LogP contribution is -2.19. The summed E-state index contributed by atoms with van der Waals surface area (Å²) in [7, 11) is 0. The third-order valence-corrected chi connectivity index (χ3v) is 4.11. The van der Waals surface area contributed by atoms with E-state index in [0.717, 1.165) is 29.1 Å². The van der Waals surface area contributed by atoms with Gasteiger partial charge in [0.1, 0.15) is 5.75 Å². The lowest BCUT2D eigenvalue weighted by Gasteiger charge is -2.13. The molecule has 2 aromatic rings. The third-order valence-electron chi connectivity index (χ3n) is 3.07. The molecule has 0 aliphatic heterocycles. The van der Waals surface area contributed by atoms with Crippen molar-refractivity contribution in [1.82, 2.24) is 0 Å². The highest BCUT2D eigenvalue weighted by Gasteiger charge is 2.28. The SMILES string of the molecule is CCCOCCSc1ccc(OCC(F)(F)F)c2ccccc12. The summed E-state index contributed by atoms with van der Waals surface area (Å²) >= 11 is 1.63. The molecule has 0 saturated carbocycles. The van der Waals surface area contributed by atoms with E-state index in [2.05, 4.69) is 6.92 Å². The van der Waals surface area contributed by atoms with Gasteiger partial charge in [-0.15, -0.1) is 11.8 Å². The summed E-state index contributed by atoms with van der Waals surface area (Å²) in [6.07, 6.45) is -3.36. The maximum atomic E-state index is 12.3. The third kappa shape index (κ3) is 5.62. The van der Waals surface area contributed by atoms with Crippen LogP contribution in [0.1, 0.15) is 13.3 Å². The maximum Gasteiger partial charge on any atom is 0.422 e. The van der Waals surface area contributed by atoms with Gasteiger partial charge in [-0.2, -0.15) is 13.2 Å². The van der Waals surface area contributed by atoms with E-state index in [1.165, 1.54) is 0 Å². The number of ether oxygens (including phenoxy) is 2. The summed E-state index contributed by atoms with van der Waals surface area (Å²) in [4.78, 5) is 1.01. The number of halogens is 3. The smallest absolute Gasteiger partial charge is 0.422 e. The zero-order valence-corrected chi connectivity index (χ0v) is 13.7. The van der Waals surface area contributed by atoms with Gasteiger partial charge in [-0.3, -0.25) is 0 Å². The van der Waals surface area contributed by atoms with Gasteiger partial charge in [0.2, 0.25) is 0 Å². The number of rotatable bonds is 8. The van der Waals surface area contributed by atoms with Crippen LogP contribution < -0.4 is 4.74 Å². The van der Waals surface area contributed by atoms with Gasteiger partial charge in [-0.1, -0.05) is 31.2 Å². The second kappa shape index (κ2) is 8.45. The van der Waals surface area contributed by atoms with Gasteiger partial charge in [0, 0.05) is 22.6 Å². The Morgan fingerprint density at radius 1 is 1.00 bits per heavy atom. The molecule has 0 fully saturated rings. The summed E-state index contributed by atoms with van der Waals surface area (Å²) in [5.74, 6) is 1.05. The standard InChI is InChI=1S/C17H19F3O2S/c1-2-9-21-10-11-23-16-8-7-15(22-12-17(18,19)20)13-5-3-4-6-14(13)16/h3-8H,2,9-12H2,1H3. The van der Waals surface area contributed by atoms with E-state index in [1.54, 1.807) is 36.0 Å². The Balaban J connectivity index is 2.11. The van der Waals surface area contributed by atoms with Crippen LogP contribution in [-0.2, 0) is 4.74 Å². The monoisotopic (exact) mass is 344 g/mol. The molecule has 0 aromatic heterocycles. The van der Waals surface area contributed by atoms with Crippen LogP contribution in [0.3, 0.4) is 0 Å². The summed E-state index contributed by atoms with van der Waals surface area (Å²) in [5.41, 5.74) is 0. The molecule has 0 aliphatic rings. The molecule has 0 atom stereocenters. The predicted octanol–water partition coefficient (Wildman–Crippen LogP) is 5.30. The van der Waals surface area contributed by atoms with E-state index in [-0.39, 0.29) is 5.75 Å². The molecular formula is C17H19F3O2S. The van der Waals surface area contributed by atoms with Crippen molar-refractivity contribution in [1.29, 1.82) is 0 Å². The van der Waals surface area contributed by atoms with E-state index in [1.807, 2.05) is 12.1 Å². The minimum atomic E-state index is -4.34. The first kappa shape index (κ1) is 17.9. The molecule has 0 unspecified atom stereocenters. The van der Waals surface area contributed by atoms with Crippen LogP contribution in [0.5, 0.6) is 5.75 Å². The summed E-state index contributed by atoms with van der Waals surface area (Å²) in [6.45, 7) is 2.17. The Kier molecular flexibility index (Phi) is 6.59. The van der Waals surface area contributed by atoms with Gasteiger partial charge in [0.05, 0.1) is 6.61 Å². The highest BCUT2D eigenvalue weighted by Crippen LogP contribution is 2.34. The van der Waals surface area contributed by atoms with Crippen LogP contribution in [-0.4, -0.2) is 31.7 Å². The molecule has 0 spiro atoms. The van der Waals surface area contributed by atoms with Crippen LogP contribution in [0, 0.1) is 0 Å². The molecule has 2 rings (SSSR count). The van der Waals surface area contributed by atoms with Gasteiger partial charge in [-0.25, -0.2) is 0 Å². The highest BCUT2D eigenvalue weighted by atomic mass is 32.2. The van der Waals surface area contributed by atoms with Crippen LogP contribution in [0.25, 0.3) is 10.8 Å². The number of alkyl halides is 3. The lowest BCUT2D eigenvalue weighted by molar-refractivity contribution is -0.153. The number of hydrogen-bond donors (Lipinski definition) is 0. The summed E-state index contributed by atoms with van der Waals surface area (Å²) < 4.78 is 47.4. The lowest BCUT2D eigenvalue weighted by atomic mass is 10.1. The van der Waals surface area contributed by atoms with Crippen molar-refractivity contribution in [2.75, 3.05) is 25.6 Å². The molecule has 2 nitrogen and oxygen atoms in total. The molecule has 0 bridgehead atoms. The highest BCUT2D eigenvalue weighted by molar-refractivity contribution is 7.99. The zero-order valence-electron chi connectivity index (χ0n) is 12.9. The molecule has 6 heteroatoms. The Morgan fingerprint density at radius 3 is 2.43 bits per heavy atom. The summed E-state index contributed by atoms with van der Waals surface area (Å²) in [6, 6.07) is 10.7. The number of benzene rings is 2. The molecular weight excluding hydrogens is 325 g/mol. The topological polar surface area (TPSA) is 18.5 Å². The largest absolute Gasteiger partial charge is 0.483 e. The second-order valence-corrected chi connectivity index (χ2v) is 6.11. The molecule has 2 aromatic carbocycles. The Hall–Kier alpha value is -1.40. The Bertz CT molecular complexity index is 629. The first-order chi connectivity index (χ1) is 11.0. The van der Waals surface area contributed by atoms with Crippen molar-refractivity contribution in [2.45, 2.75) is 24.4 Å². The van der Waals surface area contributed by atoms with Crippen molar-refractivity contribution in [2.24, 2.45) is 0 Å². The molecule has 126 valence electrons. The van der Waals surface area contributed by atoms with Crippen LogP contribution in [0.15, 0.2) is 41.3 Å². The summed E-state index contributed by atoms with van der Waals surface area (Å²) in [5, 5.41) is 1.59. The van der Waals surface area contributed by atoms with Gasteiger partial charge >= 0.3 is 6.18 Å². The number of thioether (sulfide) groups is 1. The van der Waals surface area contributed by atoms with Crippen LogP contribution in [0.2, 0.25) is 0 Å². The molecule has 0 saturated heterocycles. The van der Waals surface area contributed by atoms with Crippen molar-refractivity contribution in [3.63, 3.8) is 0 Å². The van der Waals surface area contributed by atoms with Gasteiger partial charge in [-0.05, 0) is 23.9 Å². The number of fused-ring (bicyclic) bond motifs is 1. The quantitative estimate of drug-likeness (QED) is 0.478. The Morgan fingerprint density at radius 2 is 1.74 bits per heavy atom. The molecule has 0 radical (unpaired) electrons. The van der Waals surface area contributed by atoms with Gasteiger partial charge in [0.15, 0.2) is 6.61 Å². The maximum absolute atomic E-state index is 12.3. The first-order valence-electron chi connectivity index (χ1n) is 7.43. The molecule has 0 aliphatic carbocycles. The zero-order chi connectivity index (χ0) is 16.7. The predicted molar refractivity (Wildman–Crippen MR) is 87.3 cm³/mol. The van der Waals surface area contributed by atoms with E-state index in [9.17, 15) is 13.2 Å². The second-order valence-electron chi connectivity index (χ2n) is 4.97. The average Bonchev–Trinajstić information content (AvgIpc) is 2.52. The normalized spacial score (nSPS) is 11.8. The van der Waals surface area contributed by atoms with Crippen molar-refractivity contribution >= 4 is 22.5 Å². The number of hydrogen-bond acceptors (Lipinski definition) is 3. The van der Waals surface area contributed by atoms with E-state index in [4.69, 9.17) is 9.47 Å². The van der Waals surface area contributed by atoms with Crippen molar-refractivity contribution < 1.29 is 22.6 Å².